The molecule has 0 radical (unpaired) electrons. The van der Waals surface area contributed by atoms with Crippen LogP contribution >= 0.6 is 0 Å². The second-order valence-corrected chi connectivity index (χ2v) is 10.4. The molecule has 1 atom stereocenters. The molecular weight excluding hydrogens is 452 g/mol. The number of sulfonamides is 1. The average molecular weight is 487 g/mol. The van der Waals surface area contributed by atoms with Crippen LogP contribution in [0.1, 0.15) is 50.4 Å². The fourth-order valence-corrected chi connectivity index (χ4v) is 5.62. The van der Waals surface area contributed by atoms with Crippen molar-refractivity contribution >= 4 is 33.2 Å². The summed E-state index contributed by atoms with van der Waals surface area (Å²) in [5.74, 6) is -0.628. The molecule has 2 aromatic carbocycles. The summed E-state index contributed by atoms with van der Waals surface area (Å²) in [6.07, 6.45) is 2.45. The zero-order chi connectivity index (χ0) is 24.7. The summed E-state index contributed by atoms with van der Waals surface area (Å²) in [7, 11) is -3.66. The quantitative estimate of drug-likeness (QED) is 0.536. The smallest absolute Gasteiger partial charge is 0.251 e. The van der Waals surface area contributed by atoms with E-state index in [-0.39, 0.29) is 22.8 Å². The van der Waals surface area contributed by atoms with E-state index in [0.717, 1.165) is 24.5 Å². The lowest BCUT2D eigenvalue weighted by Crippen LogP contribution is -2.35. The average Bonchev–Trinajstić information content (AvgIpc) is 3.35. The highest BCUT2D eigenvalue weighted by molar-refractivity contribution is 7.89. The zero-order valence-electron chi connectivity index (χ0n) is 20.1. The van der Waals surface area contributed by atoms with E-state index < -0.39 is 22.0 Å². The van der Waals surface area contributed by atoms with E-state index >= 15 is 0 Å². The number of amides is 2. The molecule has 1 unspecified atom stereocenters. The van der Waals surface area contributed by atoms with Crippen molar-refractivity contribution in [1.82, 2.24) is 9.62 Å². The molecule has 0 aliphatic carbocycles. The van der Waals surface area contributed by atoms with Crippen molar-refractivity contribution in [2.24, 2.45) is 0 Å². The van der Waals surface area contributed by atoms with Crippen LogP contribution in [0.2, 0.25) is 0 Å². The standard InChI is InChI=1S/C25H34N4O4S/c1-4-29(5-2)34(32,33)23-13-8-10-20(17-23)25(31)26-19(3)16-24(30)27-21-11-9-12-22(18-21)28-14-6-7-15-28/h8-13,17-19H,4-7,14-16H2,1-3H3,(H,26,31)(H,27,30). The Balaban J connectivity index is 1.59. The molecule has 0 aromatic heterocycles. The molecule has 1 fully saturated rings. The Hall–Kier alpha value is -2.91. The SMILES string of the molecule is CCN(CC)S(=O)(=O)c1cccc(C(=O)NC(C)CC(=O)Nc2cccc(N3CCCC3)c2)c1. The molecule has 0 spiro atoms. The Kier molecular flexibility index (Phi) is 8.68. The third-order valence-electron chi connectivity index (χ3n) is 5.91. The first-order chi connectivity index (χ1) is 16.2. The number of nitrogens with zero attached hydrogens (tertiary/aromatic N) is 2. The molecule has 3 rings (SSSR count). The molecule has 2 amide bonds. The Bertz CT molecular complexity index is 1110. The predicted octanol–water partition coefficient (Wildman–Crippen LogP) is 3.46. The van der Waals surface area contributed by atoms with Crippen molar-refractivity contribution in [2.45, 2.75) is 51.0 Å². The molecule has 2 aromatic rings. The highest BCUT2D eigenvalue weighted by Gasteiger charge is 2.23. The third kappa shape index (κ3) is 6.36. The summed E-state index contributed by atoms with van der Waals surface area (Å²) in [5.41, 5.74) is 2.05. The Morgan fingerprint density at radius 1 is 1.03 bits per heavy atom. The maximum absolute atomic E-state index is 12.8. The highest BCUT2D eigenvalue weighted by Crippen LogP contribution is 2.23. The molecule has 1 aliphatic heterocycles. The van der Waals surface area contributed by atoms with Gasteiger partial charge >= 0.3 is 0 Å². The summed E-state index contributed by atoms with van der Waals surface area (Å²) in [6, 6.07) is 13.3. The number of hydrogen-bond donors (Lipinski definition) is 2. The number of anilines is 2. The van der Waals surface area contributed by atoms with Gasteiger partial charge in [-0.15, -0.1) is 0 Å². The van der Waals surface area contributed by atoms with Crippen LogP contribution in [-0.4, -0.2) is 56.8 Å². The van der Waals surface area contributed by atoms with Gasteiger partial charge in [-0.2, -0.15) is 4.31 Å². The summed E-state index contributed by atoms with van der Waals surface area (Å²) in [4.78, 5) is 27.6. The van der Waals surface area contributed by atoms with Gasteiger partial charge in [-0.1, -0.05) is 26.0 Å². The normalized spacial score (nSPS) is 14.8. The molecule has 0 bridgehead atoms. The lowest BCUT2D eigenvalue weighted by atomic mass is 10.1. The van der Waals surface area contributed by atoms with Gasteiger partial charge in [0.25, 0.3) is 5.91 Å². The molecule has 1 saturated heterocycles. The summed E-state index contributed by atoms with van der Waals surface area (Å²) in [5, 5.41) is 5.69. The van der Waals surface area contributed by atoms with Gasteiger partial charge < -0.3 is 15.5 Å². The monoisotopic (exact) mass is 486 g/mol. The molecule has 34 heavy (non-hydrogen) atoms. The van der Waals surface area contributed by atoms with E-state index in [0.29, 0.717) is 13.1 Å². The van der Waals surface area contributed by atoms with E-state index in [1.807, 2.05) is 24.3 Å². The first kappa shape index (κ1) is 25.7. The number of rotatable bonds is 10. The third-order valence-corrected chi connectivity index (χ3v) is 7.96. The minimum atomic E-state index is -3.66. The number of benzene rings is 2. The molecule has 8 nitrogen and oxygen atoms in total. The van der Waals surface area contributed by atoms with Gasteiger partial charge in [0.15, 0.2) is 0 Å². The van der Waals surface area contributed by atoms with Crippen LogP contribution in [-0.2, 0) is 14.8 Å². The van der Waals surface area contributed by atoms with Crippen LogP contribution in [0.25, 0.3) is 0 Å². The van der Waals surface area contributed by atoms with Gasteiger partial charge in [-0.05, 0) is 56.2 Å². The fraction of sp³-hybridized carbons (Fsp3) is 0.440. The minimum Gasteiger partial charge on any atom is -0.371 e. The van der Waals surface area contributed by atoms with Gasteiger partial charge in [-0.25, -0.2) is 8.42 Å². The number of carbonyl (C=O) groups excluding carboxylic acids is 2. The largest absolute Gasteiger partial charge is 0.371 e. The van der Waals surface area contributed by atoms with Crippen LogP contribution in [0, 0.1) is 0 Å². The van der Waals surface area contributed by atoms with Gasteiger partial charge in [0, 0.05) is 55.6 Å². The van der Waals surface area contributed by atoms with Crippen molar-refractivity contribution in [1.29, 1.82) is 0 Å². The Morgan fingerprint density at radius 3 is 2.38 bits per heavy atom. The molecule has 0 saturated carbocycles. The van der Waals surface area contributed by atoms with E-state index in [4.69, 9.17) is 0 Å². The Morgan fingerprint density at radius 2 is 1.71 bits per heavy atom. The van der Waals surface area contributed by atoms with E-state index in [1.165, 1.54) is 29.3 Å². The van der Waals surface area contributed by atoms with E-state index in [9.17, 15) is 18.0 Å². The zero-order valence-corrected chi connectivity index (χ0v) is 20.9. The molecule has 9 heteroatoms. The Labute approximate surface area is 202 Å². The topological polar surface area (TPSA) is 98.8 Å². The first-order valence-electron chi connectivity index (χ1n) is 11.8. The first-order valence-corrected chi connectivity index (χ1v) is 13.2. The maximum Gasteiger partial charge on any atom is 0.251 e. The van der Waals surface area contributed by atoms with Crippen molar-refractivity contribution < 1.29 is 18.0 Å². The van der Waals surface area contributed by atoms with Crippen molar-refractivity contribution in [3.8, 4) is 0 Å². The molecule has 1 heterocycles. The summed E-state index contributed by atoms with van der Waals surface area (Å²) in [6.45, 7) is 8.04. The van der Waals surface area contributed by atoms with Crippen molar-refractivity contribution in [3.05, 3.63) is 54.1 Å². The van der Waals surface area contributed by atoms with Crippen molar-refractivity contribution in [2.75, 3.05) is 36.4 Å². The molecular formula is C25H34N4O4S. The number of nitrogens with one attached hydrogen (secondary N) is 2. The van der Waals surface area contributed by atoms with Gasteiger partial charge in [0.2, 0.25) is 15.9 Å². The second-order valence-electron chi connectivity index (χ2n) is 8.49. The second kappa shape index (κ2) is 11.5. The molecule has 1 aliphatic rings. The molecule has 2 N–H and O–H groups in total. The number of hydrogen-bond acceptors (Lipinski definition) is 5. The molecule has 184 valence electrons. The van der Waals surface area contributed by atoms with Gasteiger partial charge in [-0.3, -0.25) is 9.59 Å². The van der Waals surface area contributed by atoms with Crippen LogP contribution in [0.3, 0.4) is 0 Å². The van der Waals surface area contributed by atoms with Gasteiger partial charge in [0.1, 0.15) is 0 Å². The number of carbonyl (C=O) groups is 2. The van der Waals surface area contributed by atoms with Crippen LogP contribution < -0.4 is 15.5 Å². The minimum absolute atomic E-state index is 0.0760. The lowest BCUT2D eigenvalue weighted by Gasteiger charge is -2.19. The summed E-state index contributed by atoms with van der Waals surface area (Å²) < 4.78 is 26.9. The van der Waals surface area contributed by atoms with E-state index in [1.54, 1.807) is 32.9 Å². The highest BCUT2D eigenvalue weighted by atomic mass is 32.2. The van der Waals surface area contributed by atoms with Crippen LogP contribution in [0.15, 0.2) is 53.4 Å². The summed E-state index contributed by atoms with van der Waals surface area (Å²) >= 11 is 0. The van der Waals surface area contributed by atoms with E-state index in [2.05, 4.69) is 15.5 Å². The predicted molar refractivity (Wildman–Crippen MR) is 135 cm³/mol. The lowest BCUT2D eigenvalue weighted by molar-refractivity contribution is -0.116. The van der Waals surface area contributed by atoms with Crippen molar-refractivity contribution in [3.63, 3.8) is 0 Å². The van der Waals surface area contributed by atoms with Crippen LogP contribution in [0.4, 0.5) is 11.4 Å². The maximum atomic E-state index is 12.8. The fourth-order valence-electron chi connectivity index (χ4n) is 4.11. The van der Waals surface area contributed by atoms with Gasteiger partial charge in [0.05, 0.1) is 4.90 Å². The van der Waals surface area contributed by atoms with Crippen LogP contribution in [0.5, 0.6) is 0 Å².